The van der Waals surface area contributed by atoms with Crippen LogP contribution in [0.5, 0.6) is 0 Å². The molecule has 7 nitrogen and oxygen atoms in total. The number of nitrogens with zero attached hydrogens (tertiary/aromatic N) is 2. The van der Waals surface area contributed by atoms with Gasteiger partial charge in [0.2, 0.25) is 5.71 Å². The van der Waals surface area contributed by atoms with Crippen molar-refractivity contribution in [1.82, 2.24) is 9.55 Å². The molecule has 0 aliphatic carbocycles. The molecule has 0 aliphatic heterocycles. The van der Waals surface area contributed by atoms with E-state index >= 15 is 0 Å². The van der Waals surface area contributed by atoms with Gasteiger partial charge in [0.1, 0.15) is 17.5 Å². The van der Waals surface area contributed by atoms with Gasteiger partial charge < -0.3 is 19.6 Å². The van der Waals surface area contributed by atoms with E-state index in [-0.39, 0.29) is 28.3 Å². The molecule has 158 valence electrons. The summed E-state index contributed by atoms with van der Waals surface area (Å²) in [6, 6.07) is 15.3. The number of carbonyl (C=O) groups is 1. The first-order chi connectivity index (χ1) is 14.8. The summed E-state index contributed by atoms with van der Waals surface area (Å²) in [6.07, 6.45) is 1.36. The van der Waals surface area contributed by atoms with Gasteiger partial charge in [-0.2, -0.15) is 0 Å². The van der Waals surface area contributed by atoms with E-state index in [0.29, 0.717) is 16.5 Å². The second kappa shape index (κ2) is 8.28. The molecule has 0 saturated carbocycles. The highest BCUT2D eigenvalue weighted by atomic mass is 35.5. The van der Waals surface area contributed by atoms with Gasteiger partial charge in [0, 0.05) is 18.8 Å². The van der Waals surface area contributed by atoms with Crippen LogP contribution in [-0.2, 0) is 7.05 Å². The molecule has 0 fully saturated rings. The number of furan rings is 1. The van der Waals surface area contributed by atoms with E-state index in [0.717, 1.165) is 11.3 Å². The van der Waals surface area contributed by atoms with Gasteiger partial charge in [-0.3, -0.25) is 9.59 Å². The molecule has 0 radical (unpaired) electrons. The minimum absolute atomic E-state index is 0.0581. The highest BCUT2D eigenvalue weighted by Gasteiger charge is 2.22. The molecule has 0 spiro atoms. The van der Waals surface area contributed by atoms with Gasteiger partial charge in [0.25, 0.3) is 11.5 Å². The molecule has 8 heteroatoms. The second-order valence-electron chi connectivity index (χ2n) is 7.30. The number of aromatic nitrogens is 2. The van der Waals surface area contributed by atoms with Gasteiger partial charge in [0.05, 0.1) is 16.3 Å². The van der Waals surface area contributed by atoms with E-state index in [1.165, 1.54) is 10.9 Å². The average molecular weight is 437 g/mol. The van der Waals surface area contributed by atoms with E-state index in [9.17, 15) is 9.59 Å². The van der Waals surface area contributed by atoms with Gasteiger partial charge in [-0.1, -0.05) is 41.9 Å². The zero-order valence-corrected chi connectivity index (χ0v) is 18.0. The SMILES string of the molecule is Cc1oc2ncn(C)c(=O)c2c1C(=O)Nc1ccc(NC(C)c2ccccc2)c(Cl)c1. The van der Waals surface area contributed by atoms with Gasteiger partial charge in [0.15, 0.2) is 0 Å². The lowest BCUT2D eigenvalue weighted by molar-refractivity contribution is 0.102. The fraction of sp³-hybridized carbons (Fsp3) is 0.174. The minimum Gasteiger partial charge on any atom is -0.442 e. The molecule has 4 aromatic rings. The van der Waals surface area contributed by atoms with Crippen molar-refractivity contribution in [1.29, 1.82) is 0 Å². The van der Waals surface area contributed by atoms with Gasteiger partial charge in [-0.05, 0) is 37.6 Å². The number of halogens is 1. The highest BCUT2D eigenvalue weighted by molar-refractivity contribution is 6.33. The number of hydrogen-bond acceptors (Lipinski definition) is 5. The Kier molecular flexibility index (Phi) is 5.52. The van der Waals surface area contributed by atoms with Crippen LogP contribution in [0.2, 0.25) is 5.02 Å². The zero-order valence-electron chi connectivity index (χ0n) is 17.3. The summed E-state index contributed by atoms with van der Waals surface area (Å²) in [6.45, 7) is 3.67. The number of rotatable bonds is 5. The summed E-state index contributed by atoms with van der Waals surface area (Å²) < 4.78 is 6.81. The average Bonchev–Trinajstić information content (AvgIpc) is 3.10. The number of anilines is 2. The van der Waals surface area contributed by atoms with Crippen LogP contribution in [0.15, 0.2) is 64.1 Å². The standard InChI is InChI=1S/C23H21ClN4O3/c1-13(15-7-5-4-6-8-15)26-18-10-9-16(11-17(18)24)27-21(29)19-14(2)31-22-20(19)23(30)28(3)12-25-22/h4-13,26H,1-3H3,(H,27,29). The van der Waals surface area contributed by atoms with Crippen molar-refractivity contribution in [3.63, 3.8) is 0 Å². The van der Waals surface area contributed by atoms with Crippen LogP contribution in [0.1, 0.15) is 34.6 Å². The topological polar surface area (TPSA) is 89.2 Å². The zero-order chi connectivity index (χ0) is 22.1. The van der Waals surface area contributed by atoms with Crippen molar-refractivity contribution in [3.05, 3.63) is 87.1 Å². The van der Waals surface area contributed by atoms with Crippen LogP contribution in [0.4, 0.5) is 11.4 Å². The molecule has 1 atom stereocenters. The maximum atomic E-state index is 12.9. The first kappa shape index (κ1) is 20.7. The molecule has 4 rings (SSSR count). The quantitative estimate of drug-likeness (QED) is 0.463. The molecule has 0 bridgehead atoms. The Hall–Kier alpha value is -3.58. The van der Waals surface area contributed by atoms with E-state index in [4.69, 9.17) is 16.0 Å². The number of carbonyl (C=O) groups excluding carboxylic acids is 1. The van der Waals surface area contributed by atoms with Crippen LogP contribution in [-0.4, -0.2) is 15.5 Å². The Labute approximate surface area is 183 Å². The van der Waals surface area contributed by atoms with Crippen LogP contribution in [0, 0.1) is 6.92 Å². The second-order valence-corrected chi connectivity index (χ2v) is 7.71. The van der Waals surface area contributed by atoms with E-state index in [2.05, 4.69) is 15.6 Å². The molecule has 1 amide bonds. The summed E-state index contributed by atoms with van der Waals surface area (Å²) in [5.74, 6) is -0.139. The van der Waals surface area contributed by atoms with Crippen molar-refractivity contribution in [3.8, 4) is 0 Å². The van der Waals surface area contributed by atoms with Crippen molar-refractivity contribution in [2.75, 3.05) is 10.6 Å². The summed E-state index contributed by atoms with van der Waals surface area (Å²) in [5, 5.41) is 6.78. The maximum Gasteiger partial charge on any atom is 0.265 e. The van der Waals surface area contributed by atoms with Crippen LogP contribution in [0.3, 0.4) is 0 Å². The van der Waals surface area contributed by atoms with E-state index in [1.54, 1.807) is 32.2 Å². The lowest BCUT2D eigenvalue weighted by atomic mass is 10.1. The summed E-state index contributed by atoms with van der Waals surface area (Å²) in [5.41, 5.74) is 2.34. The molecule has 1 unspecified atom stereocenters. The lowest BCUT2D eigenvalue weighted by Crippen LogP contribution is -2.20. The maximum absolute atomic E-state index is 12.9. The highest BCUT2D eigenvalue weighted by Crippen LogP contribution is 2.30. The number of fused-ring (bicyclic) bond motifs is 1. The number of hydrogen-bond donors (Lipinski definition) is 2. The molecule has 2 heterocycles. The molecular formula is C23H21ClN4O3. The van der Waals surface area contributed by atoms with Crippen LogP contribution >= 0.6 is 11.6 Å². The fourth-order valence-electron chi connectivity index (χ4n) is 3.42. The Bertz CT molecular complexity index is 1330. The summed E-state index contributed by atoms with van der Waals surface area (Å²) in [4.78, 5) is 29.5. The normalized spacial score (nSPS) is 12.0. The molecule has 31 heavy (non-hydrogen) atoms. The van der Waals surface area contributed by atoms with Gasteiger partial charge >= 0.3 is 0 Å². The van der Waals surface area contributed by atoms with Gasteiger partial charge in [-0.15, -0.1) is 0 Å². The van der Waals surface area contributed by atoms with Crippen LogP contribution in [0.25, 0.3) is 11.1 Å². The molecule has 0 saturated heterocycles. The minimum atomic E-state index is -0.462. The Morgan fingerprint density at radius 1 is 1.19 bits per heavy atom. The number of amides is 1. The summed E-state index contributed by atoms with van der Waals surface area (Å²) >= 11 is 6.45. The third-order valence-corrected chi connectivity index (χ3v) is 5.39. The predicted octanol–water partition coefficient (Wildman–Crippen LogP) is 4.91. The Morgan fingerprint density at radius 3 is 2.65 bits per heavy atom. The molecule has 2 aromatic carbocycles. The predicted molar refractivity (Wildman–Crippen MR) is 122 cm³/mol. The molecule has 2 aromatic heterocycles. The first-order valence-corrected chi connectivity index (χ1v) is 10.1. The first-order valence-electron chi connectivity index (χ1n) is 9.72. The molecule has 2 N–H and O–H groups in total. The van der Waals surface area contributed by atoms with Crippen molar-refractivity contribution in [2.45, 2.75) is 19.9 Å². The molecule has 0 aliphatic rings. The van der Waals surface area contributed by atoms with Gasteiger partial charge in [-0.25, -0.2) is 4.98 Å². The van der Waals surface area contributed by atoms with E-state index in [1.807, 2.05) is 37.3 Å². The van der Waals surface area contributed by atoms with Crippen molar-refractivity contribution >= 4 is 40.0 Å². The van der Waals surface area contributed by atoms with Crippen molar-refractivity contribution in [2.24, 2.45) is 7.05 Å². The third kappa shape index (κ3) is 4.04. The Morgan fingerprint density at radius 2 is 1.94 bits per heavy atom. The summed E-state index contributed by atoms with van der Waals surface area (Å²) in [7, 11) is 1.57. The largest absolute Gasteiger partial charge is 0.442 e. The monoisotopic (exact) mass is 436 g/mol. The smallest absolute Gasteiger partial charge is 0.265 e. The van der Waals surface area contributed by atoms with E-state index < -0.39 is 5.91 Å². The number of nitrogens with one attached hydrogen (secondary N) is 2. The van der Waals surface area contributed by atoms with Crippen molar-refractivity contribution < 1.29 is 9.21 Å². The number of aryl methyl sites for hydroxylation is 2. The van der Waals surface area contributed by atoms with Crippen LogP contribution < -0.4 is 16.2 Å². The third-order valence-electron chi connectivity index (χ3n) is 5.07. The Balaban J connectivity index is 1.57. The lowest BCUT2D eigenvalue weighted by Gasteiger charge is -2.17. The molecular weight excluding hydrogens is 416 g/mol. The fourth-order valence-corrected chi connectivity index (χ4v) is 3.66. The number of benzene rings is 2.